The molecule has 5 heteroatoms. The van der Waals surface area contributed by atoms with Crippen molar-refractivity contribution in [2.45, 2.75) is 26.3 Å². The molecule has 0 aliphatic carbocycles. The molecule has 2 unspecified atom stereocenters. The van der Waals surface area contributed by atoms with Gasteiger partial charge in [-0.3, -0.25) is 0 Å². The lowest BCUT2D eigenvalue weighted by atomic mass is 10.0. The van der Waals surface area contributed by atoms with Crippen molar-refractivity contribution in [3.05, 3.63) is 5.82 Å². The van der Waals surface area contributed by atoms with Crippen LogP contribution in [0, 0.1) is 12.8 Å². The topological polar surface area (TPSA) is 68.2 Å². The smallest absolute Gasteiger partial charge is 0.324 e. The molecule has 0 radical (unpaired) electrons. The summed E-state index contributed by atoms with van der Waals surface area (Å²) in [7, 11) is 0. The molecule has 2 atom stereocenters. The lowest BCUT2D eigenvalue weighted by Gasteiger charge is -2.15. The largest absolute Gasteiger partial charge is 0.328 e. The molecule has 2 rings (SSSR count). The van der Waals surface area contributed by atoms with Crippen molar-refractivity contribution in [3.8, 4) is 0 Å². The number of nitrogens with zero attached hydrogens (tertiary/aromatic N) is 3. The fourth-order valence-electron chi connectivity index (χ4n) is 1.80. The molecule has 1 fully saturated rings. The van der Waals surface area contributed by atoms with Gasteiger partial charge in [-0.15, -0.1) is 0 Å². The second kappa shape index (κ2) is 3.57. The average Bonchev–Trinajstić information content (AvgIpc) is 2.70. The van der Waals surface area contributed by atoms with E-state index in [1.807, 2.05) is 13.8 Å². The van der Waals surface area contributed by atoms with Crippen molar-refractivity contribution >= 4 is 6.01 Å². The molecule has 1 aliphatic heterocycles. The van der Waals surface area contributed by atoms with Gasteiger partial charge in [-0.25, -0.2) is 0 Å². The van der Waals surface area contributed by atoms with Crippen LogP contribution in [0.2, 0.25) is 0 Å². The van der Waals surface area contributed by atoms with Crippen molar-refractivity contribution in [3.63, 3.8) is 0 Å². The molecule has 1 aliphatic rings. The van der Waals surface area contributed by atoms with E-state index in [1.165, 1.54) is 0 Å². The van der Waals surface area contributed by atoms with Crippen LogP contribution in [0.15, 0.2) is 4.52 Å². The normalized spacial score (nSPS) is 24.2. The Hall–Kier alpha value is -1.10. The van der Waals surface area contributed by atoms with Gasteiger partial charge in [0.05, 0.1) is 0 Å². The summed E-state index contributed by atoms with van der Waals surface area (Å²) >= 11 is 0. The Morgan fingerprint density at radius 1 is 1.64 bits per heavy atom. The lowest BCUT2D eigenvalue weighted by molar-refractivity contribution is 0.410. The van der Waals surface area contributed by atoms with E-state index < -0.39 is 0 Å². The molecule has 1 aromatic heterocycles. The van der Waals surface area contributed by atoms with Crippen LogP contribution in [0.1, 0.15) is 19.2 Å². The first kappa shape index (κ1) is 9.45. The second-order valence-corrected chi connectivity index (χ2v) is 3.98. The zero-order chi connectivity index (χ0) is 10.1. The molecule has 0 saturated carbocycles. The number of anilines is 1. The fourth-order valence-corrected chi connectivity index (χ4v) is 1.80. The summed E-state index contributed by atoms with van der Waals surface area (Å²) in [6.07, 6.45) is 1.11. The van der Waals surface area contributed by atoms with Gasteiger partial charge in [-0.2, -0.15) is 4.98 Å². The van der Waals surface area contributed by atoms with Crippen LogP contribution in [0.3, 0.4) is 0 Å². The third kappa shape index (κ3) is 1.72. The molecule has 0 spiro atoms. The number of aromatic nitrogens is 2. The van der Waals surface area contributed by atoms with Gasteiger partial charge in [-0.1, -0.05) is 5.16 Å². The Kier molecular flexibility index (Phi) is 2.41. The van der Waals surface area contributed by atoms with Crippen molar-refractivity contribution in [1.82, 2.24) is 10.1 Å². The predicted octanol–water partition coefficient (Wildman–Crippen LogP) is 0.552. The molecule has 1 aromatic rings. The van der Waals surface area contributed by atoms with Gasteiger partial charge in [0.2, 0.25) is 0 Å². The molecule has 2 heterocycles. The summed E-state index contributed by atoms with van der Waals surface area (Å²) < 4.78 is 5.10. The highest BCUT2D eigenvalue weighted by Crippen LogP contribution is 2.23. The van der Waals surface area contributed by atoms with E-state index in [9.17, 15) is 0 Å². The highest BCUT2D eigenvalue weighted by atomic mass is 16.5. The summed E-state index contributed by atoms with van der Waals surface area (Å²) in [6.45, 7) is 5.77. The lowest BCUT2D eigenvalue weighted by Crippen LogP contribution is -2.29. The quantitative estimate of drug-likeness (QED) is 0.748. The zero-order valence-corrected chi connectivity index (χ0v) is 8.60. The van der Waals surface area contributed by atoms with E-state index in [0.717, 1.165) is 19.5 Å². The average molecular weight is 196 g/mol. The Bertz CT molecular complexity index is 310. The molecular formula is C9H16N4O. The maximum Gasteiger partial charge on any atom is 0.324 e. The SMILES string of the molecule is Cc1noc(N2CCC(C(C)N)C2)n1. The van der Waals surface area contributed by atoms with Crippen molar-refractivity contribution in [2.24, 2.45) is 11.7 Å². The van der Waals surface area contributed by atoms with Gasteiger partial charge in [0.1, 0.15) is 0 Å². The third-order valence-electron chi connectivity index (χ3n) is 2.76. The van der Waals surface area contributed by atoms with Crippen LogP contribution in [-0.2, 0) is 0 Å². The minimum atomic E-state index is 0.240. The van der Waals surface area contributed by atoms with Crippen molar-refractivity contribution in [2.75, 3.05) is 18.0 Å². The molecule has 2 N–H and O–H groups in total. The molecule has 1 saturated heterocycles. The Balaban J connectivity index is 2.02. The maximum absolute atomic E-state index is 5.85. The predicted molar refractivity (Wildman–Crippen MR) is 53.0 cm³/mol. The van der Waals surface area contributed by atoms with E-state index in [4.69, 9.17) is 10.3 Å². The first-order valence-corrected chi connectivity index (χ1v) is 4.97. The fraction of sp³-hybridized carbons (Fsp3) is 0.778. The molecule has 78 valence electrons. The standard InChI is InChI=1S/C9H16N4O/c1-6(10)8-3-4-13(5-8)9-11-7(2)12-14-9/h6,8H,3-5,10H2,1-2H3. The van der Waals surface area contributed by atoms with Crippen molar-refractivity contribution in [1.29, 1.82) is 0 Å². The molecule has 14 heavy (non-hydrogen) atoms. The van der Waals surface area contributed by atoms with Crippen LogP contribution in [0.4, 0.5) is 6.01 Å². The number of rotatable bonds is 2. The number of hydrogen-bond donors (Lipinski definition) is 1. The molecular weight excluding hydrogens is 180 g/mol. The van der Waals surface area contributed by atoms with Gasteiger partial charge in [0, 0.05) is 19.1 Å². The summed E-state index contributed by atoms with van der Waals surface area (Å²) in [5.41, 5.74) is 5.85. The molecule has 0 bridgehead atoms. The second-order valence-electron chi connectivity index (χ2n) is 3.98. The number of hydrogen-bond acceptors (Lipinski definition) is 5. The summed E-state index contributed by atoms with van der Waals surface area (Å²) in [5, 5.41) is 3.77. The summed E-state index contributed by atoms with van der Waals surface area (Å²) in [4.78, 5) is 6.30. The van der Waals surface area contributed by atoms with Crippen LogP contribution >= 0.6 is 0 Å². The monoisotopic (exact) mass is 196 g/mol. The van der Waals surface area contributed by atoms with E-state index in [1.54, 1.807) is 0 Å². The van der Waals surface area contributed by atoms with Crippen LogP contribution in [0.5, 0.6) is 0 Å². The van der Waals surface area contributed by atoms with Gasteiger partial charge in [-0.05, 0) is 26.2 Å². The van der Waals surface area contributed by atoms with Gasteiger partial charge < -0.3 is 15.2 Å². The first-order valence-electron chi connectivity index (χ1n) is 4.97. The van der Waals surface area contributed by atoms with E-state index >= 15 is 0 Å². The van der Waals surface area contributed by atoms with E-state index in [-0.39, 0.29) is 6.04 Å². The highest BCUT2D eigenvalue weighted by Gasteiger charge is 2.27. The Labute approximate surface area is 83.3 Å². The van der Waals surface area contributed by atoms with Crippen LogP contribution < -0.4 is 10.6 Å². The minimum Gasteiger partial charge on any atom is -0.328 e. The number of nitrogens with two attached hydrogens (primary N) is 1. The summed E-state index contributed by atoms with van der Waals surface area (Å²) in [6, 6.07) is 0.870. The first-order chi connectivity index (χ1) is 6.66. The number of aryl methyl sites for hydroxylation is 1. The molecule has 0 amide bonds. The molecule has 5 nitrogen and oxygen atoms in total. The Morgan fingerprint density at radius 2 is 2.43 bits per heavy atom. The van der Waals surface area contributed by atoms with E-state index in [2.05, 4.69) is 15.0 Å². The zero-order valence-electron chi connectivity index (χ0n) is 8.60. The van der Waals surface area contributed by atoms with Crippen LogP contribution in [-0.4, -0.2) is 29.3 Å². The van der Waals surface area contributed by atoms with Crippen LogP contribution in [0.25, 0.3) is 0 Å². The van der Waals surface area contributed by atoms with Crippen molar-refractivity contribution < 1.29 is 4.52 Å². The van der Waals surface area contributed by atoms with Gasteiger partial charge >= 0.3 is 6.01 Å². The maximum atomic E-state index is 5.85. The Morgan fingerprint density at radius 3 is 2.93 bits per heavy atom. The highest BCUT2D eigenvalue weighted by molar-refractivity contribution is 5.27. The van der Waals surface area contributed by atoms with E-state index in [0.29, 0.717) is 17.8 Å². The minimum absolute atomic E-state index is 0.240. The molecule has 0 aromatic carbocycles. The van der Waals surface area contributed by atoms with Gasteiger partial charge in [0.15, 0.2) is 5.82 Å². The van der Waals surface area contributed by atoms with Gasteiger partial charge in [0.25, 0.3) is 0 Å². The summed E-state index contributed by atoms with van der Waals surface area (Å²) in [5.74, 6) is 1.23. The third-order valence-corrected chi connectivity index (χ3v) is 2.76.